The number of aryl methyl sites for hydroxylation is 1. The molecule has 0 aromatic heterocycles. The normalized spacial score (nSPS) is 12.3. The molecule has 1 atom stereocenters. The maximum atomic E-state index is 13.8. The Balaban J connectivity index is 2.51. The minimum absolute atomic E-state index is 0.00970. The molecule has 20 heavy (non-hydrogen) atoms. The number of ether oxygens (including phenoxy) is 1. The molecule has 0 amide bonds. The first-order chi connectivity index (χ1) is 9.43. The lowest BCUT2D eigenvalue weighted by atomic mass is 9.98. The van der Waals surface area contributed by atoms with E-state index in [1.165, 1.54) is 26.2 Å². The summed E-state index contributed by atoms with van der Waals surface area (Å²) in [6.45, 7) is 1.50. The van der Waals surface area contributed by atoms with E-state index in [1.807, 2.05) is 0 Å². The predicted octanol–water partition coefficient (Wildman–Crippen LogP) is 4.02. The topological polar surface area (TPSA) is 29.5 Å². The van der Waals surface area contributed by atoms with Crippen LogP contribution in [0.4, 0.5) is 8.78 Å². The second-order valence-corrected chi connectivity index (χ2v) is 4.85. The molecule has 0 aliphatic rings. The van der Waals surface area contributed by atoms with Gasteiger partial charge in [0.1, 0.15) is 23.5 Å². The Morgan fingerprint density at radius 2 is 1.80 bits per heavy atom. The fourth-order valence-electron chi connectivity index (χ4n) is 1.97. The third kappa shape index (κ3) is 2.76. The van der Waals surface area contributed by atoms with E-state index < -0.39 is 17.7 Å². The Labute approximate surface area is 120 Å². The van der Waals surface area contributed by atoms with E-state index in [4.69, 9.17) is 16.3 Å². The van der Waals surface area contributed by atoms with Gasteiger partial charge in [0, 0.05) is 22.2 Å². The van der Waals surface area contributed by atoms with Crippen molar-refractivity contribution in [2.24, 2.45) is 0 Å². The van der Waals surface area contributed by atoms with Gasteiger partial charge in [0.05, 0.1) is 7.11 Å². The zero-order chi connectivity index (χ0) is 14.9. The third-order valence-electron chi connectivity index (χ3n) is 3.06. The molecule has 0 radical (unpaired) electrons. The lowest BCUT2D eigenvalue weighted by Crippen LogP contribution is -2.06. The standard InChI is InChI=1S/C15H13ClF2O2/c1-8-5-11(13(18)7-12(8)17)15(19)10-4-3-9(16)6-14(10)20-2/h3-7,15,19H,1-2H3. The Morgan fingerprint density at radius 3 is 2.45 bits per heavy atom. The number of benzene rings is 2. The van der Waals surface area contributed by atoms with Crippen molar-refractivity contribution < 1.29 is 18.6 Å². The van der Waals surface area contributed by atoms with Gasteiger partial charge in [-0.05, 0) is 30.7 Å². The second-order valence-electron chi connectivity index (χ2n) is 4.41. The van der Waals surface area contributed by atoms with Gasteiger partial charge in [-0.1, -0.05) is 17.7 Å². The van der Waals surface area contributed by atoms with Crippen molar-refractivity contribution >= 4 is 11.6 Å². The van der Waals surface area contributed by atoms with Crippen LogP contribution in [0.1, 0.15) is 22.8 Å². The molecule has 1 unspecified atom stereocenters. The summed E-state index contributed by atoms with van der Waals surface area (Å²) in [4.78, 5) is 0. The van der Waals surface area contributed by atoms with E-state index in [0.717, 1.165) is 6.07 Å². The monoisotopic (exact) mass is 298 g/mol. The van der Waals surface area contributed by atoms with Crippen molar-refractivity contribution in [2.45, 2.75) is 13.0 Å². The van der Waals surface area contributed by atoms with Crippen LogP contribution in [0.5, 0.6) is 5.75 Å². The molecule has 0 fully saturated rings. The quantitative estimate of drug-likeness (QED) is 0.927. The molecule has 0 spiro atoms. The van der Waals surface area contributed by atoms with E-state index >= 15 is 0 Å². The zero-order valence-electron chi connectivity index (χ0n) is 11.0. The highest BCUT2D eigenvalue weighted by Crippen LogP contribution is 2.33. The molecule has 0 saturated carbocycles. The van der Waals surface area contributed by atoms with Crippen molar-refractivity contribution in [3.05, 3.63) is 63.7 Å². The van der Waals surface area contributed by atoms with Gasteiger partial charge < -0.3 is 9.84 Å². The van der Waals surface area contributed by atoms with Crippen molar-refractivity contribution in [3.8, 4) is 5.75 Å². The molecule has 0 bridgehead atoms. The Bertz CT molecular complexity index is 644. The summed E-state index contributed by atoms with van der Waals surface area (Å²) in [5.74, 6) is -1.12. The minimum atomic E-state index is -1.26. The summed E-state index contributed by atoms with van der Waals surface area (Å²) < 4.78 is 32.2. The summed E-state index contributed by atoms with van der Waals surface area (Å²) in [6, 6.07) is 6.68. The van der Waals surface area contributed by atoms with Crippen LogP contribution in [0.15, 0.2) is 30.3 Å². The summed E-state index contributed by atoms with van der Waals surface area (Å²) in [6.07, 6.45) is -1.26. The maximum absolute atomic E-state index is 13.8. The van der Waals surface area contributed by atoms with Crippen LogP contribution in [0.2, 0.25) is 5.02 Å². The van der Waals surface area contributed by atoms with Gasteiger partial charge in [-0.25, -0.2) is 8.78 Å². The largest absolute Gasteiger partial charge is 0.496 e. The van der Waals surface area contributed by atoms with Gasteiger partial charge in [-0.15, -0.1) is 0 Å². The number of hydrogen-bond acceptors (Lipinski definition) is 2. The van der Waals surface area contributed by atoms with Gasteiger partial charge in [0.2, 0.25) is 0 Å². The molecule has 0 saturated heterocycles. The average molecular weight is 299 g/mol. The zero-order valence-corrected chi connectivity index (χ0v) is 11.7. The Hall–Kier alpha value is -1.65. The summed E-state index contributed by atoms with van der Waals surface area (Å²) in [7, 11) is 1.42. The summed E-state index contributed by atoms with van der Waals surface area (Å²) in [5.41, 5.74) is 0.611. The van der Waals surface area contributed by atoms with E-state index in [0.29, 0.717) is 16.3 Å². The van der Waals surface area contributed by atoms with Crippen LogP contribution in [-0.2, 0) is 0 Å². The number of hydrogen-bond donors (Lipinski definition) is 1. The van der Waals surface area contributed by atoms with Gasteiger partial charge >= 0.3 is 0 Å². The third-order valence-corrected chi connectivity index (χ3v) is 3.30. The van der Waals surface area contributed by atoms with Crippen LogP contribution in [-0.4, -0.2) is 12.2 Å². The maximum Gasteiger partial charge on any atom is 0.132 e. The number of aliphatic hydroxyl groups excluding tert-OH is 1. The predicted molar refractivity (Wildman–Crippen MR) is 73.2 cm³/mol. The molecular formula is C15H13ClF2O2. The number of halogens is 3. The van der Waals surface area contributed by atoms with Gasteiger partial charge in [-0.2, -0.15) is 0 Å². The van der Waals surface area contributed by atoms with E-state index in [1.54, 1.807) is 12.1 Å². The first-order valence-electron chi connectivity index (χ1n) is 5.91. The molecule has 2 nitrogen and oxygen atoms in total. The number of rotatable bonds is 3. The molecule has 1 N–H and O–H groups in total. The summed E-state index contributed by atoms with van der Waals surface area (Å²) in [5, 5.41) is 10.7. The van der Waals surface area contributed by atoms with Crippen molar-refractivity contribution in [2.75, 3.05) is 7.11 Å². The number of aliphatic hydroxyl groups is 1. The van der Waals surface area contributed by atoms with Gasteiger partial charge in [0.25, 0.3) is 0 Å². The van der Waals surface area contributed by atoms with Gasteiger partial charge in [0.15, 0.2) is 0 Å². The van der Waals surface area contributed by atoms with Gasteiger partial charge in [-0.3, -0.25) is 0 Å². The molecule has 0 heterocycles. The first-order valence-corrected chi connectivity index (χ1v) is 6.29. The number of methoxy groups -OCH3 is 1. The Morgan fingerprint density at radius 1 is 1.10 bits per heavy atom. The smallest absolute Gasteiger partial charge is 0.132 e. The average Bonchev–Trinajstić information content (AvgIpc) is 2.42. The molecule has 2 aromatic rings. The van der Waals surface area contributed by atoms with E-state index in [2.05, 4.69) is 0 Å². The van der Waals surface area contributed by atoms with E-state index in [9.17, 15) is 13.9 Å². The lowest BCUT2D eigenvalue weighted by molar-refractivity contribution is 0.209. The highest BCUT2D eigenvalue weighted by Gasteiger charge is 2.20. The fourth-order valence-corrected chi connectivity index (χ4v) is 2.13. The highest BCUT2D eigenvalue weighted by molar-refractivity contribution is 6.30. The molecular weight excluding hydrogens is 286 g/mol. The van der Waals surface area contributed by atoms with Crippen molar-refractivity contribution in [3.63, 3.8) is 0 Å². The molecule has 106 valence electrons. The van der Waals surface area contributed by atoms with Crippen LogP contribution < -0.4 is 4.74 Å². The first kappa shape index (κ1) is 14.8. The molecule has 0 aliphatic carbocycles. The SMILES string of the molecule is COc1cc(Cl)ccc1C(O)c1cc(C)c(F)cc1F. The van der Waals surface area contributed by atoms with Crippen LogP contribution >= 0.6 is 11.6 Å². The van der Waals surface area contributed by atoms with Crippen LogP contribution in [0.3, 0.4) is 0 Å². The molecule has 2 aromatic carbocycles. The van der Waals surface area contributed by atoms with Crippen molar-refractivity contribution in [1.82, 2.24) is 0 Å². The van der Waals surface area contributed by atoms with Crippen LogP contribution in [0.25, 0.3) is 0 Å². The van der Waals surface area contributed by atoms with Crippen LogP contribution in [0, 0.1) is 18.6 Å². The summed E-state index contributed by atoms with van der Waals surface area (Å²) >= 11 is 5.84. The van der Waals surface area contributed by atoms with Crippen molar-refractivity contribution in [1.29, 1.82) is 0 Å². The van der Waals surface area contributed by atoms with E-state index in [-0.39, 0.29) is 11.1 Å². The molecule has 5 heteroatoms. The lowest BCUT2D eigenvalue weighted by Gasteiger charge is -2.16. The molecule has 2 rings (SSSR count). The molecule has 0 aliphatic heterocycles. The second kappa shape index (κ2) is 5.77. The Kier molecular flexibility index (Phi) is 4.26. The fraction of sp³-hybridized carbons (Fsp3) is 0.200. The highest BCUT2D eigenvalue weighted by atomic mass is 35.5. The minimum Gasteiger partial charge on any atom is -0.496 e.